The molecule has 80 valence electrons. The van der Waals surface area contributed by atoms with Crippen molar-refractivity contribution in [3.63, 3.8) is 0 Å². The first-order chi connectivity index (χ1) is 7.65. The fourth-order valence-corrected chi connectivity index (χ4v) is 2.44. The Morgan fingerprint density at radius 3 is 2.81 bits per heavy atom. The lowest BCUT2D eigenvalue weighted by Crippen LogP contribution is -2.08. The van der Waals surface area contributed by atoms with Crippen molar-refractivity contribution in [2.75, 3.05) is 0 Å². The third-order valence-electron chi connectivity index (χ3n) is 3.24. The number of rotatable bonds is 0. The third-order valence-corrected chi connectivity index (χ3v) is 3.24. The Kier molecular flexibility index (Phi) is 1.81. The number of aliphatic imine (C=N–C) groups is 1. The quantitative estimate of drug-likeness (QED) is 0.701. The molecule has 0 saturated heterocycles. The van der Waals surface area contributed by atoms with E-state index in [1.807, 2.05) is 19.1 Å². The number of aromatic hydroxyl groups is 1. The van der Waals surface area contributed by atoms with Gasteiger partial charge >= 0.3 is 0 Å². The van der Waals surface area contributed by atoms with E-state index in [1.165, 1.54) is 16.7 Å². The van der Waals surface area contributed by atoms with E-state index in [2.05, 4.69) is 18.0 Å². The number of fused-ring (bicyclic) bond motifs is 4. The lowest BCUT2D eigenvalue weighted by atomic mass is 9.84. The largest absolute Gasteiger partial charge is 0.508 e. The molecule has 0 amide bonds. The van der Waals surface area contributed by atoms with E-state index in [-0.39, 0.29) is 0 Å². The topological polar surface area (TPSA) is 32.6 Å². The number of nitrogens with zero attached hydrogens (tertiary/aromatic N) is 1. The number of dihydropyridines is 1. The SMILES string of the molecule is CC1=NC2=C(C)c3ccc(O)cc3C(=C1)C2. The van der Waals surface area contributed by atoms with Crippen molar-refractivity contribution in [2.24, 2.45) is 4.99 Å². The van der Waals surface area contributed by atoms with E-state index in [9.17, 15) is 5.11 Å². The number of hydrogen-bond donors (Lipinski definition) is 1. The molecule has 2 aliphatic rings. The zero-order valence-corrected chi connectivity index (χ0v) is 9.41. The maximum Gasteiger partial charge on any atom is 0.116 e. The first kappa shape index (κ1) is 9.40. The van der Waals surface area contributed by atoms with Gasteiger partial charge in [-0.05, 0) is 54.3 Å². The molecule has 2 heteroatoms. The van der Waals surface area contributed by atoms with Gasteiger partial charge in [-0.2, -0.15) is 0 Å². The van der Waals surface area contributed by atoms with Crippen LogP contribution < -0.4 is 0 Å². The average molecular weight is 211 g/mol. The van der Waals surface area contributed by atoms with Gasteiger partial charge in [-0.3, -0.25) is 4.99 Å². The highest BCUT2D eigenvalue weighted by atomic mass is 16.3. The van der Waals surface area contributed by atoms with Gasteiger partial charge in [-0.25, -0.2) is 0 Å². The highest BCUT2D eigenvalue weighted by Gasteiger charge is 2.22. The maximum absolute atomic E-state index is 9.56. The zero-order valence-electron chi connectivity index (χ0n) is 9.41. The molecular weight excluding hydrogens is 198 g/mol. The molecule has 0 spiro atoms. The second-order valence-electron chi connectivity index (χ2n) is 4.40. The summed E-state index contributed by atoms with van der Waals surface area (Å²) in [7, 11) is 0. The van der Waals surface area contributed by atoms with Crippen molar-refractivity contribution in [3.8, 4) is 5.75 Å². The molecule has 0 radical (unpaired) electrons. The molecule has 0 fully saturated rings. The van der Waals surface area contributed by atoms with Crippen LogP contribution in [-0.4, -0.2) is 10.8 Å². The Morgan fingerprint density at radius 1 is 1.19 bits per heavy atom. The molecule has 1 aliphatic carbocycles. The molecule has 16 heavy (non-hydrogen) atoms. The van der Waals surface area contributed by atoms with Crippen molar-refractivity contribution in [3.05, 3.63) is 41.1 Å². The van der Waals surface area contributed by atoms with Crippen molar-refractivity contribution >= 4 is 16.9 Å². The summed E-state index contributed by atoms with van der Waals surface area (Å²) in [6.07, 6.45) is 2.99. The normalized spacial score (nSPS) is 17.9. The van der Waals surface area contributed by atoms with Gasteiger partial charge in [0.25, 0.3) is 0 Å². The van der Waals surface area contributed by atoms with Crippen LogP contribution in [0.5, 0.6) is 5.75 Å². The van der Waals surface area contributed by atoms with E-state index in [0.717, 1.165) is 23.4 Å². The van der Waals surface area contributed by atoms with Crippen LogP contribution in [0.3, 0.4) is 0 Å². The van der Waals surface area contributed by atoms with Crippen LogP contribution >= 0.6 is 0 Å². The summed E-state index contributed by atoms with van der Waals surface area (Å²) in [5.41, 5.74) is 7.04. The molecule has 3 rings (SSSR count). The van der Waals surface area contributed by atoms with Crippen molar-refractivity contribution in [2.45, 2.75) is 20.3 Å². The summed E-state index contributed by atoms with van der Waals surface area (Å²) in [6.45, 7) is 4.12. The molecule has 1 aliphatic heterocycles. The Balaban J connectivity index is 2.34. The summed E-state index contributed by atoms with van der Waals surface area (Å²) in [6, 6.07) is 5.56. The van der Waals surface area contributed by atoms with Crippen LogP contribution in [0.1, 0.15) is 31.4 Å². The van der Waals surface area contributed by atoms with Gasteiger partial charge in [0.15, 0.2) is 0 Å². The Labute approximate surface area is 94.6 Å². The van der Waals surface area contributed by atoms with E-state index >= 15 is 0 Å². The molecule has 2 nitrogen and oxygen atoms in total. The first-order valence-electron chi connectivity index (χ1n) is 5.44. The molecule has 1 N–H and O–H groups in total. The molecular formula is C14H13NO. The van der Waals surface area contributed by atoms with Crippen LogP contribution in [0.25, 0.3) is 11.1 Å². The minimum absolute atomic E-state index is 0.330. The molecule has 0 aromatic heterocycles. The summed E-state index contributed by atoms with van der Waals surface area (Å²) >= 11 is 0. The van der Waals surface area contributed by atoms with Crippen LogP contribution in [0.2, 0.25) is 0 Å². The van der Waals surface area contributed by atoms with Gasteiger partial charge in [-0.15, -0.1) is 0 Å². The summed E-state index contributed by atoms with van der Waals surface area (Å²) < 4.78 is 0. The van der Waals surface area contributed by atoms with Crippen LogP contribution in [0.15, 0.2) is 35.0 Å². The minimum Gasteiger partial charge on any atom is -0.508 e. The van der Waals surface area contributed by atoms with E-state index in [0.29, 0.717) is 5.75 Å². The Hall–Kier alpha value is -1.83. The number of allylic oxidation sites excluding steroid dienone is 3. The third kappa shape index (κ3) is 1.23. The lowest BCUT2D eigenvalue weighted by molar-refractivity contribution is 0.475. The average Bonchev–Trinajstić information content (AvgIpc) is 2.26. The number of phenolic OH excluding ortho intramolecular Hbond substituents is 1. The second-order valence-corrected chi connectivity index (χ2v) is 4.40. The Bertz CT molecular complexity index is 576. The van der Waals surface area contributed by atoms with Crippen molar-refractivity contribution < 1.29 is 5.11 Å². The predicted octanol–water partition coefficient (Wildman–Crippen LogP) is 3.38. The number of hydrogen-bond acceptors (Lipinski definition) is 2. The fourth-order valence-electron chi connectivity index (χ4n) is 2.44. The van der Waals surface area contributed by atoms with E-state index in [1.54, 1.807) is 6.07 Å². The Morgan fingerprint density at radius 2 is 2.00 bits per heavy atom. The molecule has 2 bridgehead atoms. The van der Waals surface area contributed by atoms with Gasteiger partial charge in [0.1, 0.15) is 5.75 Å². The van der Waals surface area contributed by atoms with Crippen LogP contribution in [0, 0.1) is 0 Å². The summed E-state index contributed by atoms with van der Waals surface area (Å²) in [5, 5.41) is 9.56. The second kappa shape index (κ2) is 3.08. The van der Waals surface area contributed by atoms with Gasteiger partial charge in [0.2, 0.25) is 0 Å². The molecule has 0 unspecified atom stereocenters. The molecule has 0 atom stereocenters. The molecule has 1 aromatic carbocycles. The van der Waals surface area contributed by atoms with E-state index < -0.39 is 0 Å². The van der Waals surface area contributed by atoms with Gasteiger partial charge in [-0.1, -0.05) is 6.07 Å². The minimum atomic E-state index is 0.330. The molecule has 1 heterocycles. The maximum atomic E-state index is 9.56. The van der Waals surface area contributed by atoms with E-state index in [4.69, 9.17) is 0 Å². The van der Waals surface area contributed by atoms with Gasteiger partial charge in [0, 0.05) is 17.8 Å². The smallest absolute Gasteiger partial charge is 0.116 e. The first-order valence-corrected chi connectivity index (χ1v) is 5.44. The highest BCUT2D eigenvalue weighted by Crippen LogP contribution is 2.41. The van der Waals surface area contributed by atoms with Gasteiger partial charge < -0.3 is 5.11 Å². The fraction of sp³-hybridized carbons (Fsp3) is 0.214. The standard InChI is InChI=1S/C14H13NO/c1-8-5-10-6-14(15-8)9(2)12-4-3-11(16)7-13(10)12/h3-5,7,16H,6H2,1-2H3. The summed E-state index contributed by atoms with van der Waals surface area (Å²) in [4.78, 5) is 4.56. The lowest BCUT2D eigenvalue weighted by Gasteiger charge is -2.25. The molecule has 0 saturated carbocycles. The zero-order chi connectivity index (χ0) is 11.3. The number of phenols is 1. The van der Waals surface area contributed by atoms with Crippen molar-refractivity contribution in [1.82, 2.24) is 0 Å². The monoisotopic (exact) mass is 211 g/mol. The highest BCUT2D eigenvalue weighted by molar-refractivity contribution is 6.05. The number of benzene rings is 1. The van der Waals surface area contributed by atoms with Crippen LogP contribution in [-0.2, 0) is 0 Å². The van der Waals surface area contributed by atoms with Crippen LogP contribution in [0.4, 0.5) is 0 Å². The van der Waals surface area contributed by atoms with Gasteiger partial charge in [0.05, 0.1) is 0 Å². The molecule has 1 aromatic rings. The van der Waals surface area contributed by atoms with Crippen molar-refractivity contribution in [1.29, 1.82) is 0 Å². The summed E-state index contributed by atoms with van der Waals surface area (Å²) in [5.74, 6) is 0.330. The predicted molar refractivity (Wildman–Crippen MR) is 66.4 cm³/mol.